The van der Waals surface area contributed by atoms with Crippen LogP contribution in [0.3, 0.4) is 0 Å². The summed E-state index contributed by atoms with van der Waals surface area (Å²) in [6.07, 6.45) is 7.17. The molecule has 0 aliphatic heterocycles. The van der Waals surface area contributed by atoms with Crippen LogP contribution in [0.1, 0.15) is 11.3 Å². The molecule has 0 unspecified atom stereocenters. The van der Waals surface area contributed by atoms with Crippen LogP contribution in [0.2, 0.25) is 0 Å². The average molecular weight is 391 g/mol. The maximum Gasteiger partial charge on any atom is 0.259 e. The van der Waals surface area contributed by atoms with Gasteiger partial charge in [0, 0.05) is 29.4 Å². The molecule has 6 nitrogen and oxygen atoms in total. The van der Waals surface area contributed by atoms with E-state index in [0.29, 0.717) is 22.2 Å². The summed E-state index contributed by atoms with van der Waals surface area (Å²) in [6.45, 7) is 0. The second-order valence-electron chi connectivity index (χ2n) is 5.95. The number of methoxy groups -OCH3 is 2. The third-order valence-corrected chi connectivity index (χ3v) is 5.06. The smallest absolute Gasteiger partial charge is 0.259 e. The molecule has 0 atom stereocenters. The van der Waals surface area contributed by atoms with Crippen molar-refractivity contribution in [2.24, 2.45) is 0 Å². The van der Waals surface area contributed by atoms with Crippen LogP contribution in [0.25, 0.3) is 28.4 Å². The van der Waals surface area contributed by atoms with Gasteiger partial charge in [-0.1, -0.05) is 12.1 Å². The third kappa shape index (κ3) is 3.39. The zero-order valence-electron chi connectivity index (χ0n) is 15.3. The molecule has 0 saturated heterocycles. The standard InChI is InChI=1S/C21H17N3O3S/c1-26-18-8-6-15(10-19(18)27-2)17-13-28-21-23-16(11-20(25)24(17)21)7-5-14-4-3-9-22-12-14/h3-13H,1-2H3/b7-5+. The first-order chi connectivity index (χ1) is 13.7. The van der Waals surface area contributed by atoms with Crippen LogP contribution in [-0.2, 0) is 0 Å². The highest BCUT2D eigenvalue weighted by atomic mass is 32.1. The van der Waals surface area contributed by atoms with Crippen molar-refractivity contribution in [3.8, 4) is 22.8 Å². The van der Waals surface area contributed by atoms with E-state index >= 15 is 0 Å². The minimum Gasteiger partial charge on any atom is -0.493 e. The molecule has 0 aliphatic carbocycles. The van der Waals surface area contributed by atoms with E-state index in [1.54, 1.807) is 31.0 Å². The van der Waals surface area contributed by atoms with E-state index < -0.39 is 0 Å². The monoisotopic (exact) mass is 391 g/mol. The summed E-state index contributed by atoms with van der Waals surface area (Å²) in [5, 5.41) is 1.92. The average Bonchev–Trinajstić information content (AvgIpc) is 3.17. The maximum absolute atomic E-state index is 12.8. The van der Waals surface area contributed by atoms with Crippen LogP contribution in [0.4, 0.5) is 0 Å². The van der Waals surface area contributed by atoms with E-state index in [1.807, 2.05) is 47.9 Å². The van der Waals surface area contributed by atoms with Crippen LogP contribution in [-0.4, -0.2) is 28.6 Å². The number of hydrogen-bond acceptors (Lipinski definition) is 6. The Balaban J connectivity index is 1.75. The predicted octanol–water partition coefficient (Wildman–Crippen LogP) is 4.01. The molecule has 0 aliphatic rings. The summed E-state index contributed by atoms with van der Waals surface area (Å²) < 4.78 is 12.3. The van der Waals surface area contributed by atoms with E-state index in [1.165, 1.54) is 17.4 Å². The first-order valence-electron chi connectivity index (χ1n) is 8.51. The van der Waals surface area contributed by atoms with Gasteiger partial charge in [-0.15, -0.1) is 11.3 Å². The van der Waals surface area contributed by atoms with E-state index in [9.17, 15) is 4.79 Å². The van der Waals surface area contributed by atoms with Crippen LogP contribution in [0.5, 0.6) is 11.5 Å². The Morgan fingerprint density at radius 3 is 2.68 bits per heavy atom. The number of aromatic nitrogens is 3. The van der Waals surface area contributed by atoms with E-state index in [2.05, 4.69) is 9.97 Å². The Hall–Kier alpha value is -3.45. The summed E-state index contributed by atoms with van der Waals surface area (Å²) in [5.41, 5.74) is 3.03. The number of rotatable bonds is 5. The summed E-state index contributed by atoms with van der Waals surface area (Å²) >= 11 is 1.42. The molecular weight excluding hydrogens is 374 g/mol. The number of pyridine rings is 1. The molecule has 3 aromatic heterocycles. The lowest BCUT2D eigenvalue weighted by molar-refractivity contribution is 0.355. The molecule has 1 aromatic carbocycles. The zero-order chi connectivity index (χ0) is 19.5. The zero-order valence-corrected chi connectivity index (χ0v) is 16.1. The van der Waals surface area contributed by atoms with Crippen molar-refractivity contribution in [1.29, 1.82) is 0 Å². The van der Waals surface area contributed by atoms with Crippen LogP contribution in [0, 0.1) is 0 Å². The Kier molecular flexibility index (Phi) is 4.90. The van der Waals surface area contributed by atoms with Gasteiger partial charge in [0.15, 0.2) is 16.5 Å². The van der Waals surface area contributed by atoms with Gasteiger partial charge in [-0.05, 0) is 35.9 Å². The lowest BCUT2D eigenvalue weighted by atomic mass is 10.1. The fraction of sp³-hybridized carbons (Fsp3) is 0.0952. The van der Waals surface area contributed by atoms with Crippen LogP contribution < -0.4 is 15.0 Å². The molecule has 4 aromatic rings. The van der Waals surface area contributed by atoms with Gasteiger partial charge in [0.25, 0.3) is 5.56 Å². The maximum atomic E-state index is 12.8. The number of fused-ring (bicyclic) bond motifs is 1. The minimum absolute atomic E-state index is 0.137. The molecule has 140 valence electrons. The normalized spacial score (nSPS) is 11.2. The lowest BCUT2D eigenvalue weighted by Gasteiger charge is -2.09. The van der Waals surface area contributed by atoms with Crippen molar-refractivity contribution in [2.45, 2.75) is 0 Å². The molecule has 0 saturated carbocycles. The molecule has 3 heterocycles. The number of nitrogens with zero attached hydrogens (tertiary/aromatic N) is 3. The molecular formula is C21H17N3O3S. The van der Waals surface area contributed by atoms with Gasteiger partial charge >= 0.3 is 0 Å². The van der Waals surface area contributed by atoms with Crippen LogP contribution in [0.15, 0.2) is 59.0 Å². The van der Waals surface area contributed by atoms with Gasteiger partial charge in [0.2, 0.25) is 0 Å². The highest BCUT2D eigenvalue weighted by molar-refractivity contribution is 7.15. The van der Waals surface area contributed by atoms with Crippen molar-refractivity contribution in [1.82, 2.24) is 14.4 Å². The van der Waals surface area contributed by atoms with E-state index in [-0.39, 0.29) is 5.56 Å². The van der Waals surface area contributed by atoms with Gasteiger partial charge in [-0.25, -0.2) is 4.98 Å². The second kappa shape index (κ2) is 7.66. The molecule has 0 bridgehead atoms. The van der Waals surface area contributed by atoms with E-state index in [0.717, 1.165) is 16.8 Å². The molecule has 4 rings (SSSR count). The van der Waals surface area contributed by atoms with Crippen molar-refractivity contribution in [2.75, 3.05) is 14.2 Å². The highest BCUT2D eigenvalue weighted by Gasteiger charge is 2.13. The Bertz CT molecular complexity index is 1210. The molecule has 0 radical (unpaired) electrons. The fourth-order valence-corrected chi connectivity index (χ4v) is 3.78. The summed E-state index contributed by atoms with van der Waals surface area (Å²) in [7, 11) is 3.18. The predicted molar refractivity (Wildman–Crippen MR) is 111 cm³/mol. The third-order valence-electron chi connectivity index (χ3n) is 4.23. The first kappa shape index (κ1) is 17.9. The fourth-order valence-electron chi connectivity index (χ4n) is 2.87. The van der Waals surface area contributed by atoms with Gasteiger partial charge in [0.05, 0.1) is 25.6 Å². The number of hydrogen-bond donors (Lipinski definition) is 0. The Morgan fingerprint density at radius 2 is 1.93 bits per heavy atom. The number of thiazole rings is 1. The topological polar surface area (TPSA) is 65.7 Å². The van der Waals surface area contributed by atoms with Crippen molar-refractivity contribution in [3.63, 3.8) is 0 Å². The van der Waals surface area contributed by atoms with Crippen LogP contribution >= 0.6 is 11.3 Å². The van der Waals surface area contributed by atoms with Crippen molar-refractivity contribution in [3.05, 3.63) is 75.8 Å². The van der Waals surface area contributed by atoms with E-state index in [4.69, 9.17) is 9.47 Å². The van der Waals surface area contributed by atoms with Gasteiger partial charge < -0.3 is 9.47 Å². The largest absolute Gasteiger partial charge is 0.493 e. The highest BCUT2D eigenvalue weighted by Crippen LogP contribution is 2.33. The summed E-state index contributed by atoms with van der Waals surface area (Å²) in [4.78, 5) is 22.1. The molecule has 0 N–H and O–H groups in total. The molecule has 0 spiro atoms. The first-order valence-corrected chi connectivity index (χ1v) is 9.39. The molecule has 7 heteroatoms. The Morgan fingerprint density at radius 1 is 1.07 bits per heavy atom. The Labute approximate surface area is 165 Å². The summed E-state index contributed by atoms with van der Waals surface area (Å²) in [5.74, 6) is 1.25. The lowest BCUT2D eigenvalue weighted by Crippen LogP contribution is -2.13. The minimum atomic E-state index is -0.137. The summed E-state index contributed by atoms with van der Waals surface area (Å²) in [6, 6.07) is 10.9. The molecule has 28 heavy (non-hydrogen) atoms. The quantitative estimate of drug-likeness (QED) is 0.514. The SMILES string of the molecule is COc1ccc(-c2csc3nc(/C=C/c4cccnc4)cc(=O)n23)cc1OC. The number of ether oxygens (including phenoxy) is 2. The van der Waals surface area contributed by atoms with Gasteiger partial charge in [0.1, 0.15) is 0 Å². The second-order valence-corrected chi connectivity index (χ2v) is 6.78. The van der Waals surface area contributed by atoms with Crippen molar-refractivity contribution < 1.29 is 9.47 Å². The van der Waals surface area contributed by atoms with Gasteiger partial charge in [-0.2, -0.15) is 0 Å². The molecule has 0 fully saturated rings. The van der Waals surface area contributed by atoms with Crippen molar-refractivity contribution >= 4 is 28.4 Å². The molecule has 0 amide bonds. The number of benzene rings is 1. The van der Waals surface area contributed by atoms with Gasteiger partial charge in [-0.3, -0.25) is 14.2 Å².